The lowest BCUT2D eigenvalue weighted by Crippen LogP contribution is -2.36. The predicted octanol–water partition coefficient (Wildman–Crippen LogP) is 4.08. The van der Waals surface area contributed by atoms with Crippen molar-refractivity contribution in [3.05, 3.63) is 51.3 Å². The largest absolute Gasteiger partial charge is 0.493 e. The van der Waals surface area contributed by atoms with Crippen molar-refractivity contribution in [2.45, 2.75) is 0 Å². The van der Waals surface area contributed by atoms with Crippen molar-refractivity contribution < 1.29 is 28.5 Å². The van der Waals surface area contributed by atoms with Gasteiger partial charge in [-0.25, -0.2) is 9.79 Å². The number of nitrogens with zero attached hydrogens (tertiary/aromatic N) is 3. The zero-order valence-corrected chi connectivity index (χ0v) is 22.6. The highest BCUT2D eigenvalue weighted by Crippen LogP contribution is 2.38. The van der Waals surface area contributed by atoms with Gasteiger partial charge in [-0.2, -0.15) is 0 Å². The van der Waals surface area contributed by atoms with Crippen molar-refractivity contribution >= 4 is 62.2 Å². The third-order valence-electron chi connectivity index (χ3n) is 5.60. The van der Waals surface area contributed by atoms with Crippen LogP contribution in [0, 0.1) is 0 Å². The second kappa shape index (κ2) is 11.8. The summed E-state index contributed by atoms with van der Waals surface area (Å²) in [5.41, 5.74) is 2.62. The van der Waals surface area contributed by atoms with Crippen LogP contribution in [-0.4, -0.2) is 76.1 Å². The van der Waals surface area contributed by atoms with Crippen molar-refractivity contribution in [1.82, 2.24) is 4.90 Å². The van der Waals surface area contributed by atoms with Gasteiger partial charge in [-0.3, -0.25) is 9.69 Å². The van der Waals surface area contributed by atoms with Crippen LogP contribution in [0.3, 0.4) is 0 Å². The molecule has 1 amide bonds. The van der Waals surface area contributed by atoms with Gasteiger partial charge in [0, 0.05) is 30.3 Å². The van der Waals surface area contributed by atoms with Gasteiger partial charge < -0.3 is 23.8 Å². The molecule has 190 valence electrons. The normalized spacial score (nSPS) is 18.2. The first-order valence-corrected chi connectivity index (χ1v) is 12.8. The Labute approximate surface area is 222 Å². The highest BCUT2D eigenvalue weighted by molar-refractivity contribution is 9.10. The molecule has 9 nitrogen and oxygen atoms in total. The topological polar surface area (TPSA) is 89.9 Å². The summed E-state index contributed by atoms with van der Waals surface area (Å²) >= 11 is 4.81. The Hall–Kier alpha value is -3.02. The van der Waals surface area contributed by atoms with Crippen molar-refractivity contribution in [2.24, 2.45) is 4.99 Å². The van der Waals surface area contributed by atoms with Gasteiger partial charge in [0.1, 0.15) is 0 Å². The van der Waals surface area contributed by atoms with Gasteiger partial charge in [0.05, 0.1) is 38.0 Å². The molecule has 2 fully saturated rings. The average molecular weight is 576 g/mol. The number of hydrogen-bond donors (Lipinski definition) is 0. The molecule has 2 aliphatic rings. The Morgan fingerprint density at radius 2 is 1.89 bits per heavy atom. The summed E-state index contributed by atoms with van der Waals surface area (Å²) in [6.07, 6.45) is 1.77. The molecule has 0 spiro atoms. The second-order valence-electron chi connectivity index (χ2n) is 7.87. The molecular formula is C25H26BrN3O6S. The number of amidine groups is 1. The lowest BCUT2D eigenvalue weighted by atomic mass is 10.2. The highest BCUT2D eigenvalue weighted by Gasteiger charge is 2.30. The maximum absolute atomic E-state index is 12.9. The molecule has 0 bridgehead atoms. The van der Waals surface area contributed by atoms with E-state index in [-0.39, 0.29) is 12.5 Å². The van der Waals surface area contributed by atoms with Gasteiger partial charge in [0.15, 0.2) is 23.3 Å². The number of methoxy groups -OCH3 is 2. The lowest BCUT2D eigenvalue weighted by molar-refractivity contribution is -0.142. The molecule has 2 aliphatic heterocycles. The Kier molecular flexibility index (Phi) is 8.55. The molecule has 2 aromatic carbocycles. The number of morpholine rings is 1. The third kappa shape index (κ3) is 6.03. The first-order chi connectivity index (χ1) is 17.4. The van der Waals surface area contributed by atoms with Crippen LogP contribution in [0.2, 0.25) is 0 Å². The maximum Gasteiger partial charge on any atom is 0.343 e. The molecule has 0 radical (unpaired) electrons. The summed E-state index contributed by atoms with van der Waals surface area (Å²) < 4.78 is 21.6. The van der Waals surface area contributed by atoms with Gasteiger partial charge in [0.25, 0.3) is 5.91 Å². The smallest absolute Gasteiger partial charge is 0.343 e. The van der Waals surface area contributed by atoms with E-state index in [4.69, 9.17) is 14.2 Å². The van der Waals surface area contributed by atoms with Crippen LogP contribution >= 0.6 is 27.7 Å². The summed E-state index contributed by atoms with van der Waals surface area (Å²) in [5, 5.41) is 0.589. The van der Waals surface area contributed by atoms with E-state index in [0.29, 0.717) is 26.0 Å². The van der Waals surface area contributed by atoms with Crippen LogP contribution in [-0.2, 0) is 19.1 Å². The fourth-order valence-corrected chi connectivity index (χ4v) is 5.01. The summed E-state index contributed by atoms with van der Waals surface area (Å²) in [6, 6.07) is 11.4. The van der Waals surface area contributed by atoms with Crippen LogP contribution in [0.25, 0.3) is 6.08 Å². The number of carbonyl (C=O) groups excluding carboxylic acids is 2. The molecule has 0 unspecified atom stereocenters. The van der Waals surface area contributed by atoms with Gasteiger partial charge in [-0.05, 0) is 59.8 Å². The fourth-order valence-electron chi connectivity index (χ4n) is 3.59. The van der Waals surface area contributed by atoms with Crippen LogP contribution < -0.4 is 14.4 Å². The molecule has 0 saturated carbocycles. The first kappa shape index (κ1) is 26.1. The van der Waals surface area contributed by atoms with Crippen molar-refractivity contribution in [3.8, 4) is 11.5 Å². The molecule has 0 aromatic heterocycles. The van der Waals surface area contributed by atoms with Crippen LogP contribution in [0.4, 0.5) is 11.4 Å². The standard InChI is InChI=1S/C25H26BrN3O6S/c1-28-24(31)22(13-16-12-20(32-2)21(14-19(16)26)35-15-23(30)33-3)36-25(28)27-17-4-6-18(7-5-17)29-8-10-34-11-9-29/h4-7,12-14H,8-11,15H2,1-3H3/b22-13-,27-25?. The Balaban J connectivity index is 1.52. The number of likely N-dealkylation sites (N-methyl/N-ethyl adjacent to an activating group) is 1. The maximum atomic E-state index is 12.9. The van der Waals surface area contributed by atoms with Crippen LogP contribution in [0.5, 0.6) is 11.5 Å². The van der Waals surface area contributed by atoms with E-state index in [1.54, 1.807) is 25.3 Å². The van der Waals surface area contributed by atoms with E-state index in [9.17, 15) is 9.59 Å². The summed E-state index contributed by atoms with van der Waals surface area (Å²) in [5.74, 6) is 0.146. The molecule has 2 aromatic rings. The van der Waals surface area contributed by atoms with E-state index >= 15 is 0 Å². The molecule has 0 aliphatic carbocycles. The number of amides is 1. The van der Waals surface area contributed by atoms with Gasteiger partial charge in [-0.1, -0.05) is 15.9 Å². The molecule has 4 rings (SSSR count). The molecule has 0 N–H and O–H groups in total. The zero-order valence-electron chi connectivity index (χ0n) is 20.2. The van der Waals surface area contributed by atoms with Crippen LogP contribution in [0.15, 0.2) is 50.8 Å². The lowest BCUT2D eigenvalue weighted by Gasteiger charge is -2.28. The monoisotopic (exact) mass is 575 g/mol. The second-order valence-corrected chi connectivity index (χ2v) is 9.74. The molecule has 36 heavy (non-hydrogen) atoms. The number of rotatable bonds is 7. The number of benzene rings is 2. The zero-order chi connectivity index (χ0) is 25.7. The molecule has 0 atom stereocenters. The minimum atomic E-state index is -0.502. The van der Waals surface area contributed by atoms with Crippen molar-refractivity contribution in [3.63, 3.8) is 0 Å². The molecule has 11 heteroatoms. The number of aliphatic imine (C=N–C) groups is 1. The van der Waals surface area contributed by atoms with E-state index < -0.39 is 5.97 Å². The fraction of sp³-hybridized carbons (Fsp3) is 0.320. The minimum Gasteiger partial charge on any atom is -0.493 e. The van der Waals surface area contributed by atoms with Gasteiger partial charge >= 0.3 is 5.97 Å². The van der Waals surface area contributed by atoms with Gasteiger partial charge in [0.2, 0.25) is 0 Å². The Morgan fingerprint density at radius 3 is 2.56 bits per heavy atom. The summed E-state index contributed by atoms with van der Waals surface area (Å²) in [6.45, 7) is 2.95. The summed E-state index contributed by atoms with van der Waals surface area (Å²) in [7, 11) is 4.50. The van der Waals surface area contributed by atoms with E-state index in [1.807, 2.05) is 24.3 Å². The van der Waals surface area contributed by atoms with Gasteiger partial charge in [-0.15, -0.1) is 0 Å². The minimum absolute atomic E-state index is 0.152. The number of carbonyl (C=O) groups is 2. The number of esters is 1. The number of hydrogen-bond acceptors (Lipinski definition) is 9. The molecular weight excluding hydrogens is 550 g/mol. The summed E-state index contributed by atoms with van der Waals surface area (Å²) in [4.78, 5) is 33.4. The van der Waals surface area contributed by atoms with Crippen molar-refractivity contribution in [1.29, 1.82) is 0 Å². The predicted molar refractivity (Wildman–Crippen MR) is 143 cm³/mol. The molecule has 2 saturated heterocycles. The SMILES string of the molecule is COC(=O)COc1cc(Br)c(/C=C2\SC(=Nc3ccc(N4CCOCC4)cc3)N(C)C2=O)cc1OC. The first-order valence-electron chi connectivity index (χ1n) is 11.2. The third-order valence-corrected chi connectivity index (χ3v) is 7.34. The quantitative estimate of drug-likeness (QED) is 0.360. The van der Waals surface area contributed by atoms with E-state index in [1.165, 1.54) is 30.9 Å². The average Bonchev–Trinajstić information content (AvgIpc) is 3.16. The highest BCUT2D eigenvalue weighted by atomic mass is 79.9. The number of anilines is 1. The van der Waals surface area contributed by atoms with E-state index in [0.717, 1.165) is 43.2 Å². The Bertz CT molecular complexity index is 1200. The van der Waals surface area contributed by atoms with Crippen molar-refractivity contribution in [2.75, 3.05) is 59.1 Å². The number of thioether (sulfide) groups is 1. The van der Waals surface area contributed by atoms with E-state index in [2.05, 4.69) is 30.6 Å². The van der Waals surface area contributed by atoms with Crippen LogP contribution in [0.1, 0.15) is 5.56 Å². The molecule has 2 heterocycles. The number of halogens is 1. The Morgan fingerprint density at radius 1 is 1.17 bits per heavy atom. The number of ether oxygens (including phenoxy) is 4.